The fourth-order valence-corrected chi connectivity index (χ4v) is 1.53. The minimum atomic E-state index is -3.04. The Labute approximate surface area is 120 Å². The molecule has 0 heterocycles. The van der Waals surface area contributed by atoms with Gasteiger partial charge in [0.1, 0.15) is 5.75 Å². The number of carbonyl (C=O) groups is 2. The Morgan fingerprint density at radius 3 is 2.48 bits per heavy atom. The van der Waals surface area contributed by atoms with Crippen LogP contribution in [0.2, 0.25) is 0 Å². The zero-order valence-electron chi connectivity index (χ0n) is 11.5. The van der Waals surface area contributed by atoms with E-state index in [1.54, 1.807) is 0 Å². The standard InChI is InChI=1S/C13H15F2NO5/c1-19-10(12(18)20-2)7-16-11(17)8-5-3-4-6-9(8)21-13(14)15/h3-6,10,13H,7H2,1-2H3,(H,16,17)/t10-/m0/s1. The molecule has 1 aromatic rings. The molecule has 116 valence electrons. The number of methoxy groups -OCH3 is 2. The molecule has 8 heteroatoms. The molecule has 0 unspecified atom stereocenters. The first kappa shape index (κ1) is 16.8. The van der Waals surface area contributed by atoms with Crippen LogP contribution in [0, 0.1) is 0 Å². The minimum Gasteiger partial charge on any atom is -0.467 e. The molecule has 0 radical (unpaired) electrons. The molecule has 0 aliphatic rings. The summed E-state index contributed by atoms with van der Waals surface area (Å²) in [7, 11) is 2.46. The molecule has 0 aromatic heterocycles. The Hall–Kier alpha value is -2.22. The third-order valence-electron chi connectivity index (χ3n) is 2.54. The molecule has 0 aliphatic heterocycles. The highest BCUT2D eigenvalue weighted by atomic mass is 19.3. The van der Waals surface area contributed by atoms with Crippen LogP contribution in [0.15, 0.2) is 24.3 Å². The summed E-state index contributed by atoms with van der Waals surface area (Å²) in [4.78, 5) is 23.2. The molecule has 0 spiro atoms. The van der Waals surface area contributed by atoms with Crippen LogP contribution in [0.5, 0.6) is 5.75 Å². The first-order valence-electron chi connectivity index (χ1n) is 5.92. The first-order valence-corrected chi connectivity index (χ1v) is 5.92. The van der Waals surface area contributed by atoms with Gasteiger partial charge < -0.3 is 19.5 Å². The third kappa shape index (κ3) is 4.99. The van der Waals surface area contributed by atoms with E-state index in [0.29, 0.717) is 0 Å². The van der Waals surface area contributed by atoms with Crippen molar-refractivity contribution in [1.82, 2.24) is 5.32 Å². The lowest BCUT2D eigenvalue weighted by molar-refractivity contribution is -0.151. The predicted molar refractivity (Wildman–Crippen MR) is 68.2 cm³/mol. The highest BCUT2D eigenvalue weighted by molar-refractivity contribution is 5.97. The van der Waals surface area contributed by atoms with Crippen molar-refractivity contribution < 1.29 is 32.6 Å². The van der Waals surface area contributed by atoms with Crippen molar-refractivity contribution in [1.29, 1.82) is 0 Å². The van der Waals surface area contributed by atoms with Gasteiger partial charge in [0.05, 0.1) is 19.2 Å². The number of para-hydroxylation sites is 1. The maximum absolute atomic E-state index is 12.2. The summed E-state index contributed by atoms with van der Waals surface area (Å²) in [6.07, 6.45) is -0.984. The Balaban J connectivity index is 2.73. The number of hydrogen-bond donors (Lipinski definition) is 1. The van der Waals surface area contributed by atoms with Crippen LogP contribution in [0.3, 0.4) is 0 Å². The average Bonchev–Trinajstić information content (AvgIpc) is 2.47. The Morgan fingerprint density at radius 1 is 1.24 bits per heavy atom. The van der Waals surface area contributed by atoms with E-state index >= 15 is 0 Å². The lowest BCUT2D eigenvalue weighted by Crippen LogP contribution is -2.38. The van der Waals surface area contributed by atoms with Gasteiger partial charge in [-0.3, -0.25) is 4.79 Å². The summed E-state index contributed by atoms with van der Waals surface area (Å²) in [6, 6.07) is 5.53. The van der Waals surface area contributed by atoms with Crippen LogP contribution in [0.4, 0.5) is 8.78 Å². The average molecular weight is 303 g/mol. The Bertz CT molecular complexity index is 495. The molecular formula is C13H15F2NO5. The summed E-state index contributed by atoms with van der Waals surface area (Å²) in [5, 5.41) is 2.39. The summed E-state index contributed by atoms with van der Waals surface area (Å²) in [5.74, 6) is -1.58. The second-order valence-electron chi connectivity index (χ2n) is 3.83. The summed E-state index contributed by atoms with van der Waals surface area (Å²) in [5.41, 5.74) is -0.0717. The Morgan fingerprint density at radius 2 is 1.90 bits per heavy atom. The van der Waals surface area contributed by atoms with E-state index in [1.165, 1.54) is 38.5 Å². The Kier molecular flexibility index (Phi) is 6.54. The van der Waals surface area contributed by atoms with Crippen LogP contribution in [-0.2, 0) is 14.3 Å². The fourth-order valence-electron chi connectivity index (χ4n) is 1.53. The van der Waals surface area contributed by atoms with Gasteiger partial charge in [-0.15, -0.1) is 0 Å². The first-order chi connectivity index (χ1) is 9.99. The van der Waals surface area contributed by atoms with Crippen molar-refractivity contribution in [2.45, 2.75) is 12.7 Å². The normalized spacial score (nSPS) is 11.9. The number of amides is 1. The molecule has 0 saturated carbocycles. The SMILES string of the molecule is COC(=O)[C@H](CNC(=O)c1ccccc1OC(F)F)OC. The van der Waals surface area contributed by atoms with Gasteiger partial charge in [-0.2, -0.15) is 8.78 Å². The molecule has 21 heavy (non-hydrogen) atoms. The molecule has 6 nitrogen and oxygen atoms in total. The topological polar surface area (TPSA) is 73.9 Å². The number of carbonyl (C=O) groups excluding carboxylic acids is 2. The van der Waals surface area contributed by atoms with E-state index in [0.717, 1.165) is 0 Å². The lowest BCUT2D eigenvalue weighted by atomic mass is 10.2. The van der Waals surface area contributed by atoms with Crippen molar-refractivity contribution in [3.63, 3.8) is 0 Å². The van der Waals surface area contributed by atoms with Gasteiger partial charge in [0.25, 0.3) is 5.91 Å². The number of alkyl halides is 2. The van der Waals surface area contributed by atoms with Gasteiger partial charge in [0, 0.05) is 7.11 Å². The van der Waals surface area contributed by atoms with Crippen molar-refractivity contribution in [3.05, 3.63) is 29.8 Å². The molecule has 0 bridgehead atoms. The van der Waals surface area contributed by atoms with Crippen LogP contribution in [0.25, 0.3) is 0 Å². The van der Waals surface area contributed by atoms with Gasteiger partial charge in [-0.1, -0.05) is 12.1 Å². The van der Waals surface area contributed by atoms with Gasteiger partial charge in [0.2, 0.25) is 0 Å². The summed E-state index contributed by atoms with van der Waals surface area (Å²) >= 11 is 0. The molecule has 1 N–H and O–H groups in total. The number of nitrogens with one attached hydrogen (secondary N) is 1. The van der Waals surface area contributed by atoms with Crippen molar-refractivity contribution in [3.8, 4) is 5.75 Å². The minimum absolute atomic E-state index is 0.0717. The van der Waals surface area contributed by atoms with Crippen molar-refractivity contribution in [2.24, 2.45) is 0 Å². The van der Waals surface area contributed by atoms with E-state index < -0.39 is 24.6 Å². The number of benzene rings is 1. The van der Waals surface area contributed by atoms with E-state index in [2.05, 4.69) is 14.8 Å². The van der Waals surface area contributed by atoms with Gasteiger partial charge in [0.15, 0.2) is 6.10 Å². The number of ether oxygens (including phenoxy) is 3. The second-order valence-corrected chi connectivity index (χ2v) is 3.83. The second kappa shape index (κ2) is 8.15. The molecule has 0 saturated heterocycles. The smallest absolute Gasteiger partial charge is 0.387 e. The van der Waals surface area contributed by atoms with E-state index in [4.69, 9.17) is 4.74 Å². The zero-order chi connectivity index (χ0) is 15.8. The van der Waals surface area contributed by atoms with Crippen LogP contribution in [0.1, 0.15) is 10.4 Å². The fraction of sp³-hybridized carbons (Fsp3) is 0.385. The van der Waals surface area contributed by atoms with Crippen molar-refractivity contribution in [2.75, 3.05) is 20.8 Å². The van der Waals surface area contributed by atoms with E-state index in [-0.39, 0.29) is 17.9 Å². The number of rotatable bonds is 7. The highest BCUT2D eigenvalue weighted by Gasteiger charge is 2.21. The molecular weight excluding hydrogens is 288 g/mol. The zero-order valence-corrected chi connectivity index (χ0v) is 11.5. The van der Waals surface area contributed by atoms with E-state index in [1.807, 2.05) is 0 Å². The molecule has 1 atom stereocenters. The summed E-state index contributed by atoms with van der Waals surface area (Å²) in [6.45, 7) is -3.20. The van der Waals surface area contributed by atoms with Crippen LogP contribution < -0.4 is 10.1 Å². The summed E-state index contributed by atoms with van der Waals surface area (Å²) < 4.78 is 38.1. The highest BCUT2D eigenvalue weighted by Crippen LogP contribution is 2.20. The van der Waals surface area contributed by atoms with Crippen molar-refractivity contribution >= 4 is 11.9 Å². The monoisotopic (exact) mass is 303 g/mol. The third-order valence-corrected chi connectivity index (χ3v) is 2.54. The van der Waals surface area contributed by atoms with Gasteiger partial charge in [-0.05, 0) is 12.1 Å². The number of esters is 1. The van der Waals surface area contributed by atoms with Gasteiger partial charge in [-0.25, -0.2) is 4.79 Å². The molecule has 1 rings (SSSR count). The predicted octanol–water partition coefficient (Wildman–Crippen LogP) is 1.21. The quantitative estimate of drug-likeness (QED) is 0.766. The van der Waals surface area contributed by atoms with Crippen LogP contribution >= 0.6 is 0 Å². The van der Waals surface area contributed by atoms with Crippen LogP contribution in [-0.4, -0.2) is 45.4 Å². The number of hydrogen-bond acceptors (Lipinski definition) is 5. The lowest BCUT2D eigenvalue weighted by Gasteiger charge is -2.15. The largest absolute Gasteiger partial charge is 0.467 e. The molecule has 1 amide bonds. The molecule has 0 fully saturated rings. The number of halogens is 2. The molecule has 1 aromatic carbocycles. The van der Waals surface area contributed by atoms with E-state index in [9.17, 15) is 18.4 Å². The maximum atomic E-state index is 12.2. The molecule has 0 aliphatic carbocycles. The van der Waals surface area contributed by atoms with Gasteiger partial charge >= 0.3 is 12.6 Å². The maximum Gasteiger partial charge on any atom is 0.387 e.